The third-order valence-electron chi connectivity index (χ3n) is 5.00. The number of carbonyl (C=O) groups excluding carboxylic acids is 1. The van der Waals surface area contributed by atoms with E-state index in [1.54, 1.807) is 19.2 Å². The molecule has 2 fully saturated rings. The van der Waals surface area contributed by atoms with Crippen LogP contribution in [0.15, 0.2) is 18.2 Å². The molecule has 1 aromatic rings. The average Bonchev–Trinajstić information content (AvgIpc) is 3.05. The van der Waals surface area contributed by atoms with Gasteiger partial charge in [0.25, 0.3) is 0 Å². The molecule has 3 rings (SSSR count). The molecule has 4 nitrogen and oxygen atoms in total. The second kappa shape index (κ2) is 7.30. The molecule has 0 aromatic heterocycles. The number of hydrogen-bond donors (Lipinski definition) is 0. The Kier molecular flexibility index (Phi) is 5.16. The molecule has 1 amide bonds. The Hall–Kier alpha value is -1.62. The van der Waals surface area contributed by atoms with Crippen LogP contribution in [0.4, 0.5) is 4.39 Å². The summed E-state index contributed by atoms with van der Waals surface area (Å²) in [6, 6.07) is 4.75. The van der Waals surface area contributed by atoms with Gasteiger partial charge in [-0.25, -0.2) is 4.39 Å². The third-order valence-corrected chi connectivity index (χ3v) is 5.00. The summed E-state index contributed by atoms with van der Waals surface area (Å²) in [5, 5.41) is 0. The molecule has 1 saturated heterocycles. The van der Waals surface area contributed by atoms with E-state index in [2.05, 4.69) is 0 Å². The molecule has 1 aromatic carbocycles. The monoisotopic (exact) mass is 320 g/mol. The number of benzene rings is 1. The first kappa shape index (κ1) is 16.2. The van der Waals surface area contributed by atoms with Gasteiger partial charge in [0, 0.05) is 31.7 Å². The average molecular weight is 320 g/mol. The molecule has 1 saturated carbocycles. The number of methoxy groups -OCH3 is 1. The zero-order valence-electron chi connectivity index (χ0n) is 13.8. The smallest absolute Gasteiger partial charge is 0.236 e. The van der Waals surface area contributed by atoms with Gasteiger partial charge in [-0.15, -0.1) is 0 Å². The van der Waals surface area contributed by atoms with Crippen LogP contribution in [0, 0.1) is 11.7 Å². The molecule has 5 heteroatoms. The van der Waals surface area contributed by atoms with Gasteiger partial charge in [-0.3, -0.25) is 9.69 Å². The second-order valence-electron chi connectivity index (χ2n) is 6.66. The normalized spacial score (nSPS) is 20.3. The Labute approximate surface area is 137 Å². The van der Waals surface area contributed by atoms with Crippen LogP contribution in [-0.4, -0.2) is 49.0 Å². The quantitative estimate of drug-likeness (QED) is 0.836. The van der Waals surface area contributed by atoms with Gasteiger partial charge < -0.3 is 9.64 Å². The van der Waals surface area contributed by atoms with Gasteiger partial charge in [-0.2, -0.15) is 0 Å². The van der Waals surface area contributed by atoms with Crippen LogP contribution in [0.3, 0.4) is 0 Å². The summed E-state index contributed by atoms with van der Waals surface area (Å²) in [4.78, 5) is 16.4. The molecule has 1 aliphatic heterocycles. The van der Waals surface area contributed by atoms with E-state index in [4.69, 9.17) is 4.74 Å². The molecule has 1 heterocycles. The van der Waals surface area contributed by atoms with Crippen LogP contribution in [0.2, 0.25) is 0 Å². The summed E-state index contributed by atoms with van der Waals surface area (Å²) in [5.74, 6) is 1.26. The van der Waals surface area contributed by atoms with Crippen molar-refractivity contribution in [1.82, 2.24) is 9.80 Å². The Morgan fingerprint density at radius 1 is 1.26 bits per heavy atom. The molecule has 126 valence electrons. The van der Waals surface area contributed by atoms with Crippen molar-refractivity contribution in [1.29, 1.82) is 0 Å². The number of hydrogen-bond acceptors (Lipinski definition) is 3. The molecule has 23 heavy (non-hydrogen) atoms. The zero-order chi connectivity index (χ0) is 16.2. The number of nitrogens with zero attached hydrogens (tertiary/aromatic N) is 2. The first-order valence-electron chi connectivity index (χ1n) is 8.48. The maximum atomic E-state index is 13.9. The number of halogens is 1. The van der Waals surface area contributed by atoms with Crippen molar-refractivity contribution < 1.29 is 13.9 Å². The predicted molar refractivity (Wildman–Crippen MR) is 86.8 cm³/mol. The Morgan fingerprint density at radius 2 is 2.04 bits per heavy atom. The lowest BCUT2D eigenvalue weighted by atomic mass is 10.1. The van der Waals surface area contributed by atoms with Crippen molar-refractivity contribution in [2.75, 3.05) is 33.3 Å². The number of rotatable bonds is 5. The molecule has 0 bridgehead atoms. The number of amides is 1. The number of piperazine rings is 1. The van der Waals surface area contributed by atoms with Crippen LogP contribution in [-0.2, 0) is 11.3 Å². The highest BCUT2D eigenvalue weighted by atomic mass is 19.1. The minimum absolute atomic E-state index is 0.173. The summed E-state index contributed by atoms with van der Waals surface area (Å²) >= 11 is 0. The van der Waals surface area contributed by atoms with E-state index in [0.717, 1.165) is 19.6 Å². The first-order chi connectivity index (χ1) is 11.2. The summed E-state index contributed by atoms with van der Waals surface area (Å²) in [6.07, 6.45) is 5.10. The fourth-order valence-electron chi connectivity index (χ4n) is 3.63. The molecule has 0 unspecified atom stereocenters. The van der Waals surface area contributed by atoms with Gasteiger partial charge in [0.15, 0.2) is 0 Å². The lowest BCUT2D eigenvalue weighted by molar-refractivity contribution is -0.136. The molecular weight excluding hydrogens is 295 g/mol. The second-order valence-corrected chi connectivity index (χ2v) is 6.66. The highest BCUT2D eigenvalue weighted by Crippen LogP contribution is 2.26. The van der Waals surface area contributed by atoms with Crippen molar-refractivity contribution in [3.05, 3.63) is 29.6 Å². The molecule has 1 aliphatic carbocycles. The van der Waals surface area contributed by atoms with Crippen LogP contribution < -0.4 is 4.74 Å². The predicted octanol–water partition coefficient (Wildman–Crippen LogP) is 2.67. The van der Waals surface area contributed by atoms with Crippen molar-refractivity contribution in [3.8, 4) is 5.75 Å². The van der Waals surface area contributed by atoms with E-state index >= 15 is 0 Å². The fraction of sp³-hybridized carbons (Fsp3) is 0.611. The van der Waals surface area contributed by atoms with Crippen LogP contribution >= 0.6 is 0 Å². The van der Waals surface area contributed by atoms with Crippen molar-refractivity contribution in [2.24, 2.45) is 5.92 Å². The third kappa shape index (κ3) is 4.02. The Morgan fingerprint density at radius 3 is 2.74 bits per heavy atom. The van der Waals surface area contributed by atoms with Crippen LogP contribution in [0.1, 0.15) is 31.2 Å². The highest BCUT2D eigenvalue weighted by Gasteiger charge is 2.27. The standard InChI is InChI=1S/C18H25FN2O2/c1-23-16-6-7-17(19)15(10-16)12-20-8-9-21(18(22)13-20)11-14-4-2-3-5-14/h6-7,10,14H,2-5,8-9,11-13H2,1H3. The van der Waals surface area contributed by atoms with E-state index in [1.807, 2.05) is 9.80 Å². The van der Waals surface area contributed by atoms with E-state index in [-0.39, 0.29) is 11.7 Å². The van der Waals surface area contributed by atoms with Gasteiger partial charge in [0.2, 0.25) is 5.91 Å². The minimum atomic E-state index is -0.244. The fourth-order valence-corrected chi connectivity index (χ4v) is 3.63. The first-order valence-corrected chi connectivity index (χ1v) is 8.48. The van der Waals surface area contributed by atoms with Crippen molar-refractivity contribution in [2.45, 2.75) is 32.2 Å². The number of carbonyl (C=O) groups is 1. The molecule has 0 atom stereocenters. The van der Waals surface area contributed by atoms with E-state index in [1.165, 1.54) is 31.7 Å². The van der Waals surface area contributed by atoms with Gasteiger partial charge >= 0.3 is 0 Å². The van der Waals surface area contributed by atoms with Gasteiger partial charge in [-0.05, 0) is 37.0 Å². The maximum absolute atomic E-state index is 13.9. The molecule has 0 N–H and O–H groups in total. The Bertz CT molecular complexity index is 558. The SMILES string of the molecule is COc1ccc(F)c(CN2CCN(CC3CCCC3)C(=O)C2)c1. The van der Waals surface area contributed by atoms with E-state index in [0.29, 0.717) is 30.3 Å². The molecule has 0 spiro atoms. The largest absolute Gasteiger partial charge is 0.497 e. The van der Waals surface area contributed by atoms with Gasteiger partial charge in [-0.1, -0.05) is 12.8 Å². The highest BCUT2D eigenvalue weighted by molar-refractivity contribution is 5.79. The summed E-state index contributed by atoms with van der Waals surface area (Å²) in [7, 11) is 1.57. The maximum Gasteiger partial charge on any atom is 0.236 e. The topological polar surface area (TPSA) is 32.8 Å². The lowest BCUT2D eigenvalue weighted by Gasteiger charge is -2.35. The lowest BCUT2D eigenvalue weighted by Crippen LogP contribution is -2.51. The van der Waals surface area contributed by atoms with Crippen LogP contribution in [0.25, 0.3) is 0 Å². The van der Waals surface area contributed by atoms with Crippen molar-refractivity contribution >= 4 is 5.91 Å². The van der Waals surface area contributed by atoms with E-state index < -0.39 is 0 Å². The summed E-state index contributed by atoms with van der Waals surface area (Å²) in [5.41, 5.74) is 0.585. The summed E-state index contributed by atoms with van der Waals surface area (Å²) < 4.78 is 19.1. The van der Waals surface area contributed by atoms with E-state index in [9.17, 15) is 9.18 Å². The van der Waals surface area contributed by atoms with Crippen molar-refractivity contribution in [3.63, 3.8) is 0 Å². The van der Waals surface area contributed by atoms with Gasteiger partial charge in [0.1, 0.15) is 11.6 Å². The zero-order valence-corrected chi connectivity index (χ0v) is 13.8. The summed E-state index contributed by atoms with van der Waals surface area (Å²) in [6.45, 7) is 3.28. The molecule has 2 aliphatic rings. The molecular formula is C18H25FN2O2. The number of ether oxygens (including phenoxy) is 1. The van der Waals surface area contributed by atoms with Crippen LogP contribution in [0.5, 0.6) is 5.75 Å². The molecule has 0 radical (unpaired) electrons. The minimum Gasteiger partial charge on any atom is -0.497 e. The van der Waals surface area contributed by atoms with Gasteiger partial charge in [0.05, 0.1) is 13.7 Å². The Balaban J connectivity index is 1.56.